The Morgan fingerprint density at radius 3 is 2.62 bits per heavy atom. The summed E-state index contributed by atoms with van der Waals surface area (Å²) in [7, 11) is 0. The van der Waals surface area contributed by atoms with E-state index >= 15 is 0 Å². The SMILES string of the molecule is Nc1ncnc2c1ncn2[C@H]1C=C(CO)[C@@H](CO)[C@H]1CO. The number of hydrogen-bond acceptors (Lipinski definition) is 7. The van der Waals surface area contributed by atoms with Gasteiger partial charge in [-0.1, -0.05) is 6.08 Å². The van der Waals surface area contributed by atoms with E-state index in [1.54, 1.807) is 10.9 Å². The quantitative estimate of drug-likeness (QED) is 0.537. The molecule has 0 amide bonds. The van der Waals surface area contributed by atoms with Crippen molar-refractivity contribution in [1.29, 1.82) is 0 Å². The van der Waals surface area contributed by atoms with Crippen LogP contribution in [0.1, 0.15) is 6.04 Å². The van der Waals surface area contributed by atoms with Gasteiger partial charge >= 0.3 is 0 Å². The monoisotopic (exact) mass is 291 g/mol. The summed E-state index contributed by atoms with van der Waals surface area (Å²) in [6.45, 7) is -0.393. The second-order valence-electron chi connectivity index (χ2n) is 5.11. The third-order valence-corrected chi connectivity index (χ3v) is 4.11. The number of nitrogens with two attached hydrogens (primary N) is 1. The molecule has 0 saturated carbocycles. The van der Waals surface area contributed by atoms with Crippen LogP contribution in [0.5, 0.6) is 0 Å². The van der Waals surface area contributed by atoms with Crippen LogP contribution in [0.25, 0.3) is 11.2 Å². The summed E-state index contributed by atoms with van der Waals surface area (Å²) in [6, 6.07) is -0.242. The summed E-state index contributed by atoms with van der Waals surface area (Å²) in [5.74, 6) is -0.227. The lowest BCUT2D eigenvalue weighted by molar-refractivity contribution is 0.122. The molecule has 21 heavy (non-hydrogen) atoms. The summed E-state index contributed by atoms with van der Waals surface area (Å²) in [5.41, 5.74) is 7.55. The number of fused-ring (bicyclic) bond motifs is 1. The van der Waals surface area contributed by atoms with Crippen molar-refractivity contribution in [3.63, 3.8) is 0 Å². The largest absolute Gasteiger partial charge is 0.396 e. The summed E-state index contributed by atoms with van der Waals surface area (Å²) < 4.78 is 1.79. The lowest BCUT2D eigenvalue weighted by atomic mass is 9.90. The normalized spacial score (nSPS) is 25.5. The van der Waals surface area contributed by atoms with Crippen molar-refractivity contribution >= 4 is 17.0 Å². The van der Waals surface area contributed by atoms with Crippen molar-refractivity contribution in [2.45, 2.75) is 6.04 Å². The third kappa shape index (κ3) is 2.08. The fraction of sp³-hybridized carbons (Fsp3) is 0.462. The van der Waals surface area contributed by atoms with E-state index in [0.29, 0.717) is 22.6 Å². The van der Waals surface area contributed by atoms with Crippen molar-refractivity contribution < 1.29 is 15.3 Å². The smallest absolute Gasteiger partial charge is 0.165 e. The number of nitrogens with zero attached hydrogens (tertiary/aromatic N) is 4. The van der Waals surface area contributed by atoms with Gasteiger partial charge in [-0.15, -0.1) is 0 Å². The first-order valence-corrected chi connectivity index (χ1v) is 6.67. The van der Waals surface area contributed by atoms with Gasteiger partial charge in [0.1, 0.15) is 11.8 Å². The lowest BCUT2D eigenvalue weighted by Crippen LogP contribution is -2.26. The number of allylic oxidation sites excluding steroid dienone is 1. The molecule has 0 saturated heterocycles. The second-order valence-corrected chi connectivity index (χ2v) is 5.11. The summed E-state index contributed by atoms with van der Waals surface area (Å²) in [5, 5.41) is 28.6. The maximum atomic E-state index is 9.66. The van der Waals surface area contributed by atoms with E-state index in [4.69, 9.17) is 5.73 Å². The van der Waals surface area contributed by atoms with Crippen LogP contribution in [0.3, 0.4) is 0 Å². The molecular formula is C13H17N5O3. The molecule has 1 aliphatic rings. The molecule has 112 valence electrons. The van der Waals surface area contributed by atoms with Crippen molar-refractivity contribution in [3.05, 3.63) is 24.3 Å². The zero-order valence-electron chi connectivity index (χ0n) is 11.3. The molecule has 0 bridgehead atoms. The van der Waals surface area contributed by atoms with E-state index in [0.717, 1.165) is 0 Å². The van der Waals surface area contributed by atoms with Gasteiger partial charge in [-0.25, -0.2) is 15.0 Å². The van der Waals surface area contributed by atoms with E-state index in [-0.39, 0.29) is 37.7 Å². The maximum Gasteiger partial charge on any atom is 0.165 e. The minimum absolute atomic E-state index is 0.115. The summed E-state index contributed by atoms with van der Waals surface area (Å²) in [6.07, 6.45) is 4.80. The first-order valence-electron chi connectivity index (χ1n) is 6.67. The van der Waals surface area contributed by atoms with E-state index in [1.807, 2.05) is 6.08 Å². The van der Waals surface area contributed by atoms with Crippen LogP contribution in [0, 0.1) is 11.8 Å². The van der Waals surface area contributed by atoms with Crippen LogP contribution < -0.4 is 5.73 Å². The highest BCUT2D eigenvalue weighted by Crippen LogP contribution is 2.40. The minimum atomic E-state index is -0.276. The first-order chi connectivity index (χ1) is 10.2. The zero-order valence-corrected chi connectivity index (χ0v) is 11.3. The molecule has 0 unspecified atom stereocenters. The van der Waals surface area contributed by atoms with Gasteiger partial charge < -0.3 is 25.6 Å². The van der Waals surface area contributed by atoms with Crippen LogP contribution in [-0.4, -0.2) is 54.7 Å². The molecule has 2 aromatic rings. The van der Waals surface area contributed by atoms with Gasteiger partial charge in [-0.05, 0) is 5.57 Å². The molecular weight excluding hydrogens is 274 g/mol. The Kier molecular flexibility index (Phi) is 3.58. The number of anilines is 1. The molecule has 5 N–H and O–H groups in total. The molecule has 0 fully saturated rings. The summed E-state index contributed by atoms with van der Waals surface area (Å²) in [4.78, 5) is 12.3. The lowest BCUT2D eigenvalue weighted by Gasteiger charge is -2.24. The molecule has 0 spiro atoms. The Hall–Kier alpha value is -2.03. The zero-order chi connectivity index (χ0) is 15.0. The highest BCUT2D eigenvalue weighted by atomic mass is 16.3. The van der Waals surface area contributed by atoms with Crippen LogP contribution in [0.4, 0.5) is 5.82 Å². The highest BCUT2D eigenvalue weighted by molar-refractivity contribution is 5.81. The van der Waals surface area contributed by atoms with Crippen LogP contribution >= 0.6 is 0 Å². The molecule has 3 rings (SSSR count). The Labute approximate surface area is 120 Å². The number of imidazole rings is 1. The minimum Gasteiger partial charge on any atom is -0.396 e. The van der Waals surface area contributed by atoms with Crippen LogP contribution in [0.15, 0.2) is 24.3 Å². The van der Waals surface area contributed by atoms with Gasteiger partial charge in [-0.2, -0.15) is 0 Å². The molecule has 0 aliphatic heterocycles. The van der Waals surface area contributed by atoms with Gasteiger partial charge in [0.05, 0.1) is 25.6 Å². The van der Waals surface area contributed by atoms with Crippen molar-refractivity contribution in [2.24, 2.45) is 11.8 Å². The Morgan fingerprint density at radius 1 is 1.14 bits per heavy atom. The predicted molar refractivity (Wildman–Crippen MR) is 75.1 cm³/mol. The molecule has 0 radical (unpaired) electrons. The van der Waals surface area contributed by atoms with Crippen LogP contribution in [-0.2, 0) is 0 Å². The third-order valence-electron chi connectivity index (χ3n) is 4.11. The van der Waals surface area contributed by atoms with E-state index < -0.39 is 0 Å². The number of aliphatic hydroxyl groups excluding tert-OH is 3. The van der Waals surface area contributed by atoms with Gasteiger partial charge in [0.25, 0.3) is 0 Å². The molecule has 2 heterocycles. The number of aliphatic hydroxyl groups is 3. The van der Waals surface area contributed by atoms with E-state index in [2.05, 4.69) is 15.0 Å². The fourth-order valence-electron chi connectivity index (χ4n) is 3.01. The van der Waals surface area contributed by atoms with Gasteiger partial charge in [0.2, 0.25) is 0 Å². The number of rotatable bonds is 4. The van der Waals surface area contributed by atoms with Gasteiger partial charge in [-0.3, -0.25) is 0 Å². The molecule has 1 aliphatic carbocycles. The topological polar surface area (TPSA) is 130 Å². The van der Waals surface area contributed by atoms with Crippen molar-refractivity contribution in [2.75, 3.05) is 25.6 Å². The summed E-state index contributed by atoms with van der Waals surface area (Å²) >= 11 is 0. The Morgan fingerprint density at radius 2 is 1.95 bits per heavy atom. The first kappa shape index (κ1) is 13.9. The molecule has 2 aromatic heterocycles. The maximum absolute atomic E-state index is 9.66. The van der Waals surface area contributed by atoms with Crippen LogP contribution in [0.2, 0.25) is 0 Å². The van der Waals surface area contributed by atoms with Gasteiger partial charge in [0, 0.05) is 18.4 Å². The van der Waals surface area contributed by atoms with E-state index in [9.17, 15) is 15.3 Å². The number of nitrogen functional groups attached to an aromatic ring is 1. The fourth-order valence-corrected chi connectivity index (χ4v) is 3.01. The molecule has 8 heteroatoms. The Balaban J connectivity index is 2.09. The average Bonchev–Trinajstić information content (AvgIpc) is 3.07. The second kappa shape index (κ2) is 5.40. The van der Waals surface area contributed by atoms with Gasteiger partial charge in [0.15, 0.2) is 11.5 Å². The van der Waals surface area contributed by atoms with Crippen molar-refractivity contribution in [1.82, 2.24) is 19.5 Å². The van der Waals surface area contributed by atoms with E-state index in [1.165, 1.54) is 6.33 Å². The van der Waals surface area contributed by atoms with Crippen molar-refractivity contribution in [3.8, 4) is 0 Å². The number of hydrogen-bond donors (Lipinski definition) is 4. The Bertz CT molecular complexity index is 683. The average molecular weight is 291 g/mol. The number of aromatic nitrogens is 4. The highest BCUT2D eigenvalue weighted by Gasteiger charge is 2.37. The standard InChI is InChI=1S/C13H17N5O3/c14-12-11-13(16-5-15-12)18(6-17-11)10-1-7(2-19)8(3-20)9(10)4-21/h1,5-6,8-10,19-21H,2-4H2,(H2,14,15,16)/t8-,9-,10+/m1/s1. The molecule has 8 nitrogen and oxygen atoms in total. The predicted octanol–water partition coefficient (Wildman–Crippen LogP) is -0.901. The molecule has 0 aromatic carbocycles. The molecule has 3 atom stereocenters.